The second-order valence-electron chi connectivity index (χ2n) is 6.41. The molecule has 5 heteroatoms. The fourth-order valence-electron chi connectivity index (χ4n) is 2.95. The highest BCUT2D eigenvalue weighted by atomic mass is 16.2. The summed E-state index contributed by atoms with van der Waals surface area (Å²) in [4.78, 5) is 13.4. The van der Waals surface area contributed by atoms with Crippen LogP contribution in [0.5, 0.6) is 0 Å². The number of anilines is 1. The Bertz CT molecular complexity index is 484. The van der Waals surface area contributed by atoms with Gasteiger partial charge in [-0.25, -0.2) is 0 Å². The third-order valence-corrected chi connectivity index (χ3v) is 4.45. The van der Waals surface area contributed by atoms with Crippen LogP contribution in [0, 0.1) is 11.8 Å². The van der Waals surface area contributed by atoms with Gasteiger partial charge in [-0.05, 0) is 56.1 Å². The zero-order valence-electron chi connectivity index (χ0n) is 12.7. The maximum absolute atomic E-state index is 11.5. The molecule has 1 aliphatic heterocycles. The molecule has 0 radical (unpaired) electrons. The molecule has 1 saturated carbocycles. The summed E-state index contributed by atoms with van der Waals surface area (Å²) in [6.07, 6.45) is 5.87. The van der Waals surface area contributed by atoms with Gasteiger partial charge in [0.2, 0.25) is 5.91 Å². The van der Waals surface area contributed by atoms with Crippen molar-refractivity contribution in [1.82, 2.24) is 15.1 Å². The van der Waals surface area contributed by atoms with Crippen molar-refractivity contribution in [2.45, 2.75) is 39.0 Å². The van der Waals surface area contributed by atoms with Gasteiger partial charge in [-0.3, -0.25) is 4.79 Å². The van der Waals surface area contributed by atoms with Crippen LogP contribution in [-0.2, 0) is 11.2 Å². The summed E-state index contributed by atoms with van der Waals surface area (Å²) in [6, 6.07) is 4.09. The van der Waals surface area contributed by atoms with Crippen LogP contribution in [0.4, 0.5) is 5.82 Å². The molecule has 5 nitrogen and oxygen atoms in total. The minimum absolute atomic E-state index is 0.186. The molecule has 2 aliphatic rings. The number of rotatable bonds is 5. The Hall–Kier alpha value is -1.65. The van der Waals surface area contributed by atoms with Gasteiger partial charge < -0.3 is 10.2 Å². The van der Waals surface area contributed by atoms with Crippen LogP contribution >= 0.6 is 0 Å². The largest absolute Gasteiger partial charge is 0.368 e. The number of carbonyl (C=O) groups is 1. The van der Waals surface area contributed by atoms with Crippen molar-refractivity contribution in [2.24, 2.45) is 11.8 Å². The SMILES string of the molecule is CC(=O)N1CCC[C@@H](Cc2ccc(NCC3CC3)nn2)C1. The van der Waals surface area contributed by atoms with Gasteiger partial charge in [0.15, 0.2) is 0 Å². The Morgan fingerprint density at radius 1 is 1.29 bits per heavy atom. The van der Waals surface area contributed by atoms with Crippen LogP contribution in [0.1, 0.15) is 38.3 Å². The molecule has 1 aromatic rings. The summed E-state index contributed by atoms with van der Waals surface area (Å²) in [5.74, 6) is 2.42. The molecule has 21 heavy (non-hydrogen) atoms. The summed E-state index contributed by atoms with van der Waals surface area (Å²) < 4.78 is 0. The van der Waals surface area contributed by atoms with Gasteiger partial charge in [0, 0.05) is 26.6 Å². The number of amides is 1. The number of carbonyl (C=O) groups excluding carboxylic acids is 1. The molecule has 1 amide bonds. The summed E-state index contributed by atoms with van der Waals surface area (Å²) in [6.45, 7) is 4.44. The van der Waals surface area contributed by atoms with Crippen molar-refractivity contribution >= 4 is 11.7 Å². The average Bonchev–Trinajstić information content (AvgIpc) is 3.31. The minimum Gasteiger partial charge on any atom is -0.368 e. The third kappa shape index (κ3) is 4.16. The van der Waals surface area contributed by atoms with E-state index in [1.807, 2.05) is 11.0 Å². The molecule has 114 valence electrons. The fraction of sp³-hybridized carbons (Fsp3) is 0.688. The number of aromatic nitrogens is 2. The lowest BCUT2D eigenvalue weighted by molar-refractivity contribution is -0.130. The predicted molar refractivity (Wildman–Crippen MR) is 81.9 cm³/mol. The van der Waals surface area contributed by atoms with Crippen molar-refractivity contribution in [3.8, 4) is 0 Å². The highest BCUT2D eigenvalue weighted by Crippen LogP contribution is 2.28. The Balaban J connectivity index is 1.50. The van der Waals surface area contributed by atoms with Gasteiger partial charge in [0.25, 0.3) is 0 Å². The lowest BCUT2D eigenvalue weighted by Gasteiger charge is -2.31. The summed E-state index contributed by atoms with van der Waals surface area (Å²) in [5, 5.41) is 11.9. The highest BCUT2D eigenvalue weighted by molar-refractivity contribution is 5.73. The Morgan fingerprint density at radius 3 is 2.81 bits per heavy atom. The number of piperidine rings is 1. The standard InChI is InChI=1S/C16H24N4O/c1-12(21)20-8-2-3-14(11-20)9-15-6-7-16(19-18-15)17-10-13-4-5-13/h6-7,13-14H,2-5,8-11H2,1H3,(H,17,19)/t14-/m0/s1. The Kier molecular flexibility index (Phi) is 4.36. The average molecular weight is 288 g/mol. The number of nitrogens with one attached hydrogen (secondary N) is 1. The van der Waals surface area contributed by atoms with E-state index < -0.39 is 0 Å². The molecular weight excluding hydrogens is 264 g/mol. The van der Waals surface area contributed by atoms with Crippen molar-refractivity contribution < 1.29 is 4.79 Å². The second kappa shape index (κ2) is 6.41. The predicted octanol–water partition coefficient (Wildman–Crippen LogP) is 2.10. The maximum atomic E-state index is 11.5. The van der Waals surface area contributed by atoms with Gasteiger partial charge in [0.1, 0.15) is 5.82 Å². The van der Waals surface area contributed by atoms with Gasteiger partial charge in [-0.2, -0.15) is 5.10 Å². The molecule has 1 saturated heterocycles. The number of hydrogen-bond acceptors (Lipinski definition) is 4. The van der Waals surface area contributed by atoms with Crippen molar-refractivity contribution in [1.29, 1.82) is 0 Å². The van der Waals surface area contributed by atoms with E-state index in [-0.39, 0.29) is 5.91 Å². The Morgan fingerprint density at radius 2 is 2.14 bits per heavy atom. The molecule has 1 aromatic heterocycles. The summed E-state index contributed by atoms with van der Waals surface area (Å²) >= 11 is 0. The van der Waals surface area contributed by atoms with Crippen molar-refractivity contribution in [2.75, 3.05) is 25.0 Å². The molecule has 3 rings (SSSR count). The van der Waals surface area contributed by atoms with Crippen LogP contribution < -0.4 is 5.32 Å². The van der Waals surface area contributed by atoms with E-state index in [4.69, 9.17) is 0 Å². The zero-order valence-corrected chi connectivity index (χ0v) is 12.7. The van der Waals surface area contributed by atoms with E-state index in [0.29, 0.717) is 5.92 Å². The second-order valence-corrected chi connectivity index (χ2v) is 6.41. The molecule has 2 fully saturated rings. The van der Waals surface area contributed by atoms with Crippen LogP contribution in [0.3, 0.4) is 0 Å². The first-order valence-corrected chi connectivity index (χ1v) is 8.02. The molecule has 1 N–H and O–H groups in total. The topological polar surface area (TPSA) is 58.1 Å². The number of likely N-dealkylation sites (tertiary alicyclic amines) is 1. The molecule has 1 atom stereocenters. The van der Waals surface area contributed by atoms with E-state index in [2.05, 4.69) is 21.6 Å². The smallest absolute Gasteiger partial charge is 0.219 e. The van der Waals surface area contributed by atoms with E-state index in [1.165, 1.54) is 19.3 Å². The molecule has 0 spiro atoms. The van der Waals surface area contributed by atoms with Gasteiger partial charge in [-0.15, -0.1) is 5.10 Å². The number of nitrogens with zero attached hydrogens (tertiary/aromatic N) is 3. The van der Waals surface area contributed by atoms with Crippen LogP contribution in [0.25, 0.3) is 0 Å². The van der Waals surface area contributed by atoms with Gasteiger partial charge >= 0.3 is 0 Å². The normalized spacial score (nSPS) is 22.1. The highest BCUT2D eigenvalue weighted by Gasteiger charge is 2.22. The third-order valence-electron chi connectivity index (χ3n) is 4.45. The first-order valence-electron chi connectivity index (χ1n) is 8.02. The monoisotopic (exact) mass is 288 g/mol. The maximum Gasteiger partial charge on any atom is 0.219 e. The van der Waals surface area contributed by atoms with Gasteiger partial charge in [-0.1, -0.05) is 0 Å². The molecule has 0 bridgehead atoms. The van der Waals surface area contributed by atoms with Crippen LogP contribution in [0.2, 0.25) is 0 Å². The van der Waals surface area contributed by atoms with E-state index in [9.17, 15) is 4.79 Å². The van der Waals surface area contributed by atoms with Crippen molar-refractivity contribution in [3.05, 3.63) is 17.8 Å². The lowest BCUT2D eigenvalue weighted by Crippen LogP contribution is -2.39. The first-order chi connectivity index (χ1) is 10.2. The molecule has 0 unspecified atom stereocenters. The van der Waals surface area contributed by atoms with Crippen LogP contribution in [-0.4, -0.2) is 40.6 Å². The number of hydrogen-bond donors (Lipinski definition) is 1. The molecule has 0 aromatic carbocycles. The van der Waals surface area contributed by atoms with E-state index >= 15 is 0 Å². The zero-order chi connectivity index (χ0) is 14.7. The Labute approximate surface area is 126 Å². The molecule has 1 aliphatic carbocycles. The van der Waals surface area contributed by atoms with E-state index in [0.717, 1.165) is 49.9 Å². The van der Waals surface area contributed by atoms with Crippen molar-refractivity contribution in [3.63, 3.8) is 0 Å². The van der Waals surface area contributed by atoms with E-state index in [1.54, 1.807) is 6.92 Å². The fourth-order valence-corrected chi connectivity index (χ4v) is 2.95. The lowest BCUT2D eigenvalue weighted by atomic mass is 9.93. The first kappa shape index (κ1) is 14.3. The van der Waals surface area contributed by atoms with Gasteiger partial charge in [0.05, 0.1) is 5.69 Å². The molecule has 2 heterocycles. The minimum atomic E-state index is 0.186. The quantitative estimate of drug-likeness (QED) is 0.901. The van der Waals surface area contributed by atoms with Crippen LogP contribution in [0.15, 0.2) is 12.1 Å². The molecular formula is C16H24N4O. The summed E-state index contributed by atoms with van der Waals surface area (Å²) in [7, 11) is 0. The summed E-state index contributed by atoms with van der Waals surface area (Å²) in [5.41, 5.74) is 1.03.